The maximum atomic E-state index is 12.3. The molecule has 2 amide bonds. The molecule has 0 aromatic carbocycles. The molecule has 0 bridgehead atoms. The molecule has 2 rings (SSSR count). The van der Waals surface area contributed by atoms with Crippen molar-refractivity contribution in [2.45, 2.75) is 12.8 Å². The summed E-state index contributed by atoms with van der Waals surface area (Å²) in [6, 6.07) is 2.75. The van der Waals surface area contributed by atoms with Gasteiger partial charge < -0.3 is 15.3 Å². The first kappa shape index (κ1) is 15.0. The van der Waals surface area contributed by atoms with Crippen molar-refractivity contribution in [3.63, 3.8) is 0 Å². The van der Waals surface area contributed by atoms with E-state index in [0.717, 1.165) is 12.8 Å². The average Bonchev–Trinajstić information content (AvgIpc) is 2.53. The summed E-state index contributed by atoms with van der Waals surface area (Å²) in [7, 11) is 1.58. The minimum absolute atomic E-state index is 0.0631. The number of carbonyl (C=O) groups excluding carboxylic acids is 2. The number of carbonyl (C=O) groups is 3. The van der Waals surface area contributed by atoms with Crippen LogP contribution in [0.1, 0.15) is 33.7 Å². The lowest BCUT2D eigenvalue weighted by molar-refractivity contribution is -0.125. The highest BCUT2D eigenvalue weighted by Gasteiger charge is 2.28. The third kappa shape index (κ3) is 3.36. The second-order valence-electron chi connectivity index (χ2n) is 4.94. The summed E-state index contributed by atoms with van der Waals surface area (Å²) in [6.45, 7) is 0.964. The molecule has 1 aliphatic heterocycles. The van der Waals surface area contributed by atoms with Gasteiger partial charge in [0, 0.05) is 26.3 Å². The van der Waals surface area contributed by atoms with Crippen molar-refractivity contribution in [3.8, 4) is 0 Å². The van der Waals surface area contributed by atoms with Gasteiger partial charge in [-0.3, -0.25) is 9.59 Å². The maximum absolute atomic E-state index is 12.3. The predicted molar refractivity (Wildman–Crippen MR) is 73.9 cm³/mol. The molecule has 2 N–H and O–H groups in total. The van der Waals surface area contributed by atoms with Gasteiger partial charge in [0.15, 0.2) is 0 Å². The number of carboxylic acids is 1. The topological polar surface area (TPSA) is 99.6 Å². The van der Waals surface area contributed by atoms with Crippen LogP contribution < -0.4 is 5.32 Å². The van der Waals surface area contributed by atoms with Crippen LogP contribution in [0.5, 0.6) is 0 Å². The second kappa shape index (κ2) is 6.34. The average molecular weight is 291 g/mol. The summed E-state index contributed by atoms with van der Waals surface area (Å²) >= 11 is 0. The van der Waals surface area contributed by atoms with Crippen LogP contribution in [0.15, 0.2) is 18.3 Å². The summed E-state index contributed by atoms with van der Waals surface area (Å²) in [4.78, 5) is 40.1. The first-order valence-electron chi connectivity index (χ1n) is 6.73. The van der Waals surface area contributed by atoms with Crippen LogP contribution in [0.2, 0.25) is 0 Å². The Kier molecular flexibility index (Phi) is 4.52. The number of rotatable bonds is 3. The molecular formula is C14H17N3O4. The van der Waals surface area contributed by atoms with E-state index in [4.69, 9.17) is 5.11 Å². The fourth-order valence-corrected chi connectivity index (χ4v) is 2.41. The number of piperidine rings is 1. The van der Waals surface area contributed by atoms with Gasteiger partial charge in [0.1, 0.15) is 5.69 Å². The molecule has 1 aliphatic rings. The Labute approximate surface area is 122 Å². The summed E-state index contributed by atoms with van der Waals surface area (Å²) < 4.78 is 0. The van der Waals surface area contributed by atoms with Crippen molar-refractivity contribution in [1.29, 1.82) is 0 Å². The lowest BCUT2D eigenvalue weighted by Gasteiger charge is -2.31. The smallest absolute Gasteiger partial charge is 0.354 e. The zero-order valence-electron chi connectivity index (χ0n) is 11.7. The summed E-state index contributed by atoms with van der Waals surface area (Å²) in [5, 5.41) is 11.4. The van der Waals surface area contributed by atoms with Gasteiger partial charge in [0.05, 0.1) is 11.5 Å². The standard InChI is InChI=1S/C14H17N3O4/c1-15-12(18)10-3-2-6-17(8-10)13(19)9-4-5-11(14(20)21)16-7-9/h4-5,7,10H,2-3,6,8H2,1H3,(H,15,18)(H,20,21). The van der Waals surface area contributed by atoms with Crippen LogP contribution in [0, 0.1) is 5.92 Å². The van der Waals surface area contributed by atoms with E-state index in [1.54, 1.807) is 11.9 Å². The van der Waals surface area contributed by atoms with Gasteiger partial charge in [-0.05, 0) is 25.0 Å². The molecule has 1 fully saturated rings. The number of nitrogens with zero attached hydrogens (tertiary/aromatic N) is 2. The van der Waals surface area contributed by atoms with Crippen LogP contribution in [-0.2, 0) is 4.79 Å². The summed E-state index contributed by atoms with van der Waals surface area (Å²) in [5.41, 5.74) is 0.228. The fraction of sp³-hybridized carbons (Fsp3) is 0.429. The number of aromatic carboxylic acids is 1. The molecule has 21 heavy (non-hydrogen) atoms. The Balaban J connectivity index is 2.08. The molecule has 7 nitrogen and oxygen atoms in total. The van der Waals surface area contributed by atoms with E-state index in [0.29, 0.717) is 18.7 Å². The highest BCUT2D eigenvalue weighted by atomic mass is 16.4. The number of hydrogen-bond acceptors (Lipinski definition) is 4. The second-order valence-corrected chi connectivity index (χ2v) is 4.94. The molecular weight excluding hydrogens is 274 g/mol. The quantitative estimate of drug-likeness (QED) is 0.838. The van der Waals surface area contributed by atoms with Gasteiger partial charge in [-0.15, -0.1) is 0 Å². The fourth-order valence-electron chi connectivity index (χ4n) is 2.41. The Bertz CT molecular complexity index is 556. The lowest BCUT2D eigenvalue weighted by Crippen LogP contribution is -2.44. The normalized spacial score (nSPS) is 18.1. The molecule has 2 heterocycles. The molecule has 1 aromatic rings. The molecule has 1 aromatic heterocycles. The third-order valence-electron chi connectivity index (χ3n) is 3.56. The van der Waals surface area contributed by atoms with E-state index in [1.807, 2.05) is 0 Å². The lowest BCUT2D eigenvalue weighted by atomic mass is 9.96. The molecule has 0 aliphatic carbocycles. The highest BCUT2D eigenvalue weighted by Crippen LogP contribution is 2.18. The third-order valence-corrected chi connectivity index (χ3v) is 3.56. The zero-order valence-corrected chi connectivity index (χ0v) is 11.7. The van der Waals surface area contributed by atoms with Crippen LogP contribution in [0.3, 0.4) is 0 Å². The monoisotopic (exact) mass is 291 g/mol. The van der Waals surface area contributed by atoms with E-state index < -0.39 is 5.97 Å². The zero-order chi connectivity index (χ0) is 15.4. The van der Waals surface area contributed by atoms with E-state index in [-0.39, 0.29) is 23.4 Å². The first-order chi connectivity index (χ1) is 10.0. The molecule has 1 unspecified atom stereocenters. The summed E-state index contributed by atoms with van der Waals surface area (Å²) in [6.07, 6.45) is 2.79. The molecule has 1 saturated heterocycles. The van der Waals surface area contributed by atoms with Crippen LogP contribution in [0.25, 0.3) is 0 Å². The van der Waals surface area contributed by atoms with Gasteiger partial charge >= 0.3 is 5.97 Å². The molecule has 0 spiro atoms. The molecule has 0 saturated carbocycles. The number of hydrogen-bond donors (Lipinski definition) is 2. The van der Waals surface area contributed by atoms with Crippen LogP contribution in [-0.4, -0.2) is 52.9 Å². The van der Waals surface area contributed by atoms with Crippen molar-refractivity contribution in [2.24, 2.45) is 5.92 Å². The van der Waals surface area contributed by atoms with Gasteiger partial charge in [0.25, 0.3) is 5.91 Å². The van der Waals surface area contributed by atoms with Crippen molar-refractivity contribution >= 4 is 17.8 Å². The molecule has 0 radical (unpaired) electrons. The maximum Gasteiger partial charge on any atom is 0.354 e. The molecule has 112 valence electrons. The van der Waals surface area contributed by atoms with Crippen molar-refractivity contribution in [3.05, 3.63) is 29.6 Å². The Hall–Kier alpha value is -2.44. The van der Waals surface area contributed by atoms with E-state index in [9.17, 15) is 14.4 Å². The van der Waals surface area contributed by atoms with Gasteiger partial charge in [-0.2, -0.15) is 0 Å². The van der Waals surface area contributed by atoms with Gasteiger partial charge in [0.2, 0.25) is 5.91 Å². The van der Waals surface area contributed by atoms with Crippen LogP contribution >= 0.6 is 0 Å². The number of carboxylic acid groups (broad SMARTS) is 1. The largest absolute Gasteiger partial charge is 0.477 e. The minimum atomic E-state index is -1.13. The van der Waals surface area contributed by atoms with Gasteiger partial charge in [-0.1, -0.05) is 0 Å². The van der Waals surface area contributed by atoms with Gasteiger partial charge in [-0.25, -0.2) is 9.78 Å². The molecule has 1 atom stereocenters. The van der Waals surface area contributed by atoms with Crippen molar-refractivity contribution in [2.75, 3.05) is 20.1 Å². The number of aromatic nitrogens is 1. The van der Waals surface area contributed by atoms with Crippen molar-refractivity contribution in [1.82, 2.24) is 15.2 Å². The van der Waals surface area contributed by atoms with E-state index in [2.05, 4.69) is 10.3 Å². The van der Waals surface area contributed by atoms with Crippen molar-refractivity contribution < 1.29 is 19.5 Å². The first-order valence-corrected chi connectivity index (χ1v) is 6.73. The highest BCUT2D eigenvalue weighted by molar-refractivity contribution is 5.95. The number of nitrogens with one attached hydrogen (secondary N) is 1. The van der Waals surface area contributed by atoms with E-state index in [1.165, 1.54) is 18.3 Å². The minimum Gasteiger partial charge on any atom is -0.477 e. The van der Waals surface area contributed by atoms with Crippen LogP contribution in [0.4, 0.5) is 0 Å². The number of pyridine rings is 1. The summed E-state index contributed by atoms with van der Waals surface area (Å²) in [5.74, 6) is -1.62. The Morgan fingerprint density at radius 3 is 2.71 bits per heavy atom. The molecule has 7 heteroatoms. The number of amides is 2. The predicted octanol–water partition coefficient (Wildman–Crippen LogP) is 0.378. The SMILES string of the molecule is CNC(=O)C1CCCN(C(=O)c2ccc(C(=O)O)nc2)C1. The van der Waals surface area contributed by atoms with E-state index >= 15 is 0 Å². The Morgan fingerprint density at radius 1 is 1.38 bits per heavy atom. The number of likely N-dealkylation sites (tertiary alicyclic amines) is 1. The Morgan fingerprint density at radius 2 is 2.14 bits per heavy atom.